The molecule has 5 nitrogen and oxygen atoms in total. The summed E-state index contributed by atoms with van der Waals surface area (Å²) in [5, 5.41) is 5.13. The summed E-state index contributed by atoms with van der Waals surface area (Å²) in [7, 11) is 0. The fourth-order valence-electron chi connectivity index (χ4n) is 2.63. The second kappa shape index (κ2) is 7.13. The molecule has 0 saturated carbocycles. The molecule has 1 aliphatic rings. The van der Waals surface area contributed by atoms with Crippen molar-refractivity contribution in [3.63, 3.8) is 0 Å². The first-order chi connectivity index (χ1) is 12.7. The Balaban J connectivity index is 1.41. The number of halogens is 1. The van der Waals surface area contributed by atoms with E-state index in [0.29, 0.717) is 35.5 Å². The van der Waals surface area contributed by atoms with Crippen molar-refractivity contribution in [1.82, 2.24) is 4.98 Å². The summed E-state index contributed by atoms with van der Waals surface area (Å²) < 4.78 is 24.0. The van der Waals surface area contributed by atoms with Crippen LogP contribution in [0.15, 0.2) is 47.8 Å². The largest absolute Gasteiger partial charge is 0.486 e. The van der Waals surface area contributed by atoms with E-state index in [-0.39, 0.29) is 18.1 Å². The van der Waals surface area contributed by atoms with Gasteiger partial charge in [-0.3, -0.25) is 4.79 Å². The Labute approximate surface area is 153 Å². The highest BCUT2D eigenvalue weighted by atomic mass is 32.1. The van der Waals surface area contributed by atoms with Crippen molar-refractivity contribution in [1.29, 1.82) is 0 Å². The van der Waals surface area contributed by atoms with Crippen LogP contribution >= 0.6 is 11.3 Å². The smallest absolute Gasteiger partial charge is 0.230 e. The quantitative estimate of drug-likeness (QED) is 0.757. The fraction of sp³-hybridized carbons (Fsp3) is 0.158. The lowest BCUT2D eigenvalue weighted by molar-refractivity contribution is -0.115. The van der Waals surface area contributed by atoms with Crippen LogP contribution in [0, 0.1) is 5.82 Å². The standard InChI is InChI=1S/C19H15FN2O3S/c20-14-4-2-13(3-5-14)15-11-26-19(21-15)22-18(23)10-12-1-6-16-17(9-12)25-8-7-24-16/h1-6,9,11H,7-8,10H2,(H,21,22,23). The van der Waals surface area contributed by atoms with Gasteiger partial charge >= 0.3 is 0 Å². The van der Waals surface area contributed by atoms with Gasteiger partial charge in [0.15, 0.2) is 16.6 Å². The van der Waals surface area contributed by atoms with Gasteiger partial charge < -0.3 is 14.8 Å². The summed E-state index contributed by atoms with van der Waals surface area (Å²) in [4.78, 5) is 16.7. The molecule has 26 heavy (non-hydrogen) atoms. The molecule has 0 unspecified atom stereocenters. The van der Waals surface area contributed by atoms with Gasteiger partial charge in [0, 0.05) is 10.9 Å². The second-order valence-corrected chi connectivity index (χ2v) is 6.61. The molecule has 4 rings (SSSR count). The van der Waals surface area contributed by atoms with Gasteiger partial charge in [-0.2, -0.15) is 0 Å². The van der Waals surface area contributed by atoms with Crippen molar-refractivity contribution >= 4 is 22.4 Å². The number of nitrogens with one attached hydrogen (secondary N) is 1. The highest BCUT2D eigenvalue weighted by molar-refractivity contribution is 7.14. The molecular formula is C19H15FN2O3S. The molecule has 0 bridgehead atoms. The van der Waals surface area contributed by atoms with Crippen molar-refractivity contribution in [2.45, 2.75) is 6.42 Å². The van der Waals surface area contributed by atoms with Gasteiger partial charge in [0.25, 0.3) is 0 Å². The van der Waals surface area contributed by atoms with E-state index in [9.17, 15) is 9.18 Å². The number of benzene rings is 2. The molecule has 0 aliphatic carbocycles. The minimum absolute atomic E-state index is 0.165. The first kappa shape index (κ1) is 16.5. The zero-order valence-corrected chi connectivity index (χ0v) is 14.5. The van der Waals surface area contributed by atoms with E-state index >= 15 is 0 Å². The lowest BCUT2D eigenvalue weighted by Crippen LogP contribution is -2.17. The summed E-state index contributed by atoms with van der Waals surface area (Å²) in [5.41, 5.74) is 2.33. The molecule has 0 atom stereocenters. The van der Waals surface area contributed by atoms with Crippen LogP contribution in [0.3, 0.4) is 0 Å². The average Bonchev–Trinajstić information content (AvgIpc) is 3.10. The van der Waals surface area contributed by atoms with Crippen LogP contribution in [0.2, 0.25) is 0 Å². The highest BCUT2D eigenvalue weighted by Gasteiger charge is 2.14. The maximum atomic E-state index is 13.0. The SMILES string of the molecule is O=C(Cc1ccc2c(c1)OCCO2)Nc1nc(-c2ccc(F)cc2)cs1. The number of thiazole rings is 1. The second-order valence-electron chi connectivity index (χ2n) is 5.75. The third-order valence-corrected chi connectivity index (χ3v) is 4.62. The topological polar surface area (TPSA) is 60.5 Å². The molecule has 0 spiro atoms. The molecule has 7 heteroatoms. The molecule has 132 valence electrons. The molecular weight excluding hydrogens is 355 g/mol. The van der Waals surface area contributed by atoms with E-state index in [1.165, 1.54) is 23.5 Å². The van der Waals surface area contributed by atoms with Crippen molar-refractivity contribution in [3.05, 3.63) is 59.2 Å². The van der Waals surface area contributed by atoms with E-state index in [1.54, 1.807) is 12.1 Å². The summed E-state index contributed by atoms with van der Waals surface area (Å²) in [6.07, 6.45) is 0.210. The maximum Gasteiger partial charge on any atom is 0.230 e. The number of hydrogen-bond acceptors (Lipinski definition) is 5. The Kier molecular flexibility index (Phi) is 4.53. The van der Waals surface area contributed by atoms with E-state index in [0.717, 1.165) is 11.1 Å². The highest BCUT2D eigenvalue weighted by Crippen LogP contribution is 2.31. The molecule has 0 radical (unpaired) electrons. The van der Waals surface area contributed by atoms with E-state index < -0.39 is 0 Å². The Bertz CT molecular complexity index is 940. The predicted molar refractivity (Wildman–Crippen MR) is 97.3 cm³/mol. The number of fused-ring (bicyclic) bond motifs is 1. The molecule has 1 aliphatic heterocycles. The molecule has 0 saturated heterocycles. The van der Waals surface area contributed by atoms with Crippen molar-refractivity contribution in [3.8, 4) is 22.8 Å². The minimum atomic E-state index is -0.295. The van der Waals surface area contributed by atoms with Crippen LogP contribution in [0.25, 0.3) is 11.3 Å². The van der Waals surface area contributed by atoms with Crippen molar-refractivity contribution < 1.29 is 18.7 Å². The first-order valence-electron chi connectivity index (χ1n) is 8.07. The Hall–Kier alpha value is -2.93. The number of nitrogens with zero attached hydrogens (tertiary/aromatic N) is 1. The molecule has 0 fully saturated rings. The van der Waals surface area contributed by atoms with E-state index in [4.69, 9.17) is 9.47 Å². The third kappa shape index (κ3) is 3.67. The number of carbonyl (C=O) groups is 1. The fourth-order valence-corrected chi connectivity index (χ4v) is 3.37. The summed E-state index contributed by atoms with van der Waals surface area (Å²) in [6.45, 7) is 1.04. The average molecular weight is 370 g/mol. The van der Waals surface area contributed by atoms with Crippen molar-refractivity contribution in [2.24, 2.45) is 0 Å². The number of aromatic nitrogens is 1. The number of amides is 1. The van der Waals surface area contributed by atoms with Gasteiger partial charge in [-0.25, -0.2) is 9.37 Å². The molecule has 3 aromatic rings. The molecule has 2 heterocycles. The van der Waals surface area contributed by atoms with Crippen molar-refractivity contribution in [2.75, 3.05) is 18.5 Å². The molecule has 1 aromatic heterocycles. The van der Waals surface area contributed by atoms with Crippen LogP contribution in [-0.2, 0) is 11.2 Å². The van der Waals surface area contributed by atoms with Crippen LogP contribution in [0.5, 0.6) is 11.5 Å². The Morgan fingerprint density at radius 2 is 1.88 bits per heavy atom. The van der Waals surface area contributed by atoms with Gasteiger partial charge in [0.1, 0.15) is 19.0 Å². The monoisotopic (exact) mass is 370 g/mol. The minimum Gasteiger partial charge on any atom is -0.486 e. The normalized spacial score (nSPS) is 12.7. The molecule has 1 amide bonds. The van der Waals surface area contributed by atoms with E-state index in [2.05, 4.69) is 10.3 Å². The van der Waals surface area contributed by atoms with Gasteiger partial charge in [-0.05, 0) is 42.0 Å². The number of rotatable bonds is 4. The number of anilines is 1. The van der Waals surface area contributed by atoms with Crippen LogP contribution in [-0.4, -0.2) is 24.1 Å². The maximum absolute atomic E-state index is 13.0. The lowest BCUT2D eigenvalue weighted by Gasteiger charge is -2.18. The lowest BCUT2D eigenvalue weighted by atomic mass is 10.1. The molecule has 1 N–H and O–H groups in total. The van der Waals surface area contributed by atoms with Gasteiger partial charge in [0.2, 0.25) is 5.91 Å². The zero-order valence-electron chi connectivity index (χ0n) is 13.7. The van der Waals surface area contributed by atoms with Crippen LogP contribution in [0.4, 0.5) is 9.52 Å². The zero-order chi connectivity index (χ0) is 17.9. The Morgan fingerprint density at radius 1 is 1.12 bits per heavy atom. The summed E-state index contributed by atoms with van der Waals surface area (Å²) >= 11 is 1.33. The molecule has 2 aromatic carbocycles. The first-order valence-corrected chi connectivity index (χ1v) is 8.95. The van der Waals surface area contributed by atoms with Gasteiger partial charge in [0.05, 0.1) is 12.1 Å². The van der Waals surface area contributed by atoms with Gasteiger partial charge in [-0.1, -0.05) is 6.07 Å². The summed E-state index contributed by atoms with van der Waals surface area (Å²) in [5.74, 6) is 0.900. The summed E-state index contributed by atoms with van der Waals surface area (Å²) in [6, 6.07) is 11.6. The van der Waals surface area contributed by atoms with E-state index in [1.807, 2.05) is 23.6 Å². The number of hydrogen-bond donors (Lipinski definition) is 1. The number of carbonyl (C=O) groups excluding carboxylic acids is 1. The third-order valence-electron chi connectivity index (χ3n) is 3.86. The van der Waals surface area contributed by atoms with Crippen LogP contribution < -0.4 is 14.8 Å². The Morgan fingerprint density at radius 3 is 2.69 bits per heavy atom. The van der Waals surface area contributed by atoms with Gasteiger partial charge in [-0.15, -0.1) is 11.3 Å². The number of ether oxygens (including phenoxy) is 2. The predicted octanol–water partition coefficient (Wildman–Crippen LogP) is 3.90. The van der Waals surface area contributed by atoms with Crippen LogP contribution in [0.1, 0.15) is 5.56 Å².